The van der Waals surface area contributed by atoms with E-state index in [0.29, 0.717) is 19.2 Å². The van der Waals surface area contributed by atoms with Crippen molar-refractivity contribution in [1.82, 2.24) is 15.1 Å². The lowest BCUT2D eigenvalue weighted by atomic mass is 10.0. The van der Waals surface area contributed by atoms with Crippen LogP contribution in [0.4, 0.5) is 4.79 Å². The van der Waals surface area contributed by atoms with Gasteiger partial charge >= 0.3 is 6.03 Å². The van der Waals surface area contributed by atoms with Crippen molar-refractivity contribution in [3.05, 3.63) is 29.8 Å². The molecule has 2 amide bonds. The van der Waals surface area contributed by atoms with Crippen molar-refractivity contribution < 1.29 is 14.6 Å². The van der Waals surface area contributed by atoms with Crippen LogP contribution < -0.4 is 10.1 Å². The Hall–Kier alpha value is -1.79. The summed E-state index contributed by atoms with van der Waals surface area (Å²) in [5.74, 6) is 0.790. The van der Waals surface area contributed by atoms with Gasteiger partial charge in [-0.3, -0.25) is 0 Å². The molecule has 2 heterocycles. The monoisotopic (exact) mass is 333 g/mol. The summed E-state index contributed by atoms with van der Waals surface area (Å²) in [5, 5.41) is 13.1. The molecule has 1 aromatic rings. The lowest BCUT2D eigenvalue weighted by Gasteiger charge is -2.36. The van der Waals surface area contributed by atoms with Gasteiger partial charge in [-0.25, -0.2) is 4.79 Å². The summed E-state index contributed by atoms with van der Waals surface area (Å²) in [5.41, 5.74) is 1.19. The fourth-order valence-electron chi connectivity index (χ4n) is 3.43. The maximum Gasteiger partial charge on any atom is 0.317 e. The molecule has 2 saturated heterocycles. The van der Waals surface area contributed by atoms with E-state index in [1.807, 2.05) is 36.1 Å². The summed E-state index contributed by atoms with van der Waals surface area (Å²) >= 11 is 0. The van der Waals surface area contributed by atoms with Gasteiger partial charge in [0.2, 0.25) is 0 Å². The van der Waals surface area contributed by atoms with Crippen molar-refractivity contribution in [3.8, 4) is 5.75 Å². The fourth-order valence-corrected chi connectivity index (χ4v) is 3.43. The molecule has 2 N–H and O–H groups in total. The van der Waals surface area contributed by atoms with Crippen LogP contribution in [0.2, 0.25) is 0 Å². The van der Waals surface area contributed by atoms with Gasteiger partial charge in [0.15, 0.2) is 0 Å². The Morgan fingerprint density at radius 1 is 1.25 bits per heavy atom. The van der Waals surface area contributed by atoms with E-state index < -0.39 is 6.10 Å². The molecule has 2 aliphatic rings. The van der Waals surface area contributed by atoms with Crippen molar-refractivity contribution >= 4 is 6.03 Å². The third-order valence-corrected chi connectivity index (χ3v) is 4.82. The highest BCUT2D eigenvalue weighted by atomic mass is 16.5. The molecular formula is C18H27N3O3. The van der Waals surface area contributed by atoms with E-state index in [2.05, 4.69) is 10.2 Å². The van der Waals surface area contributed by atoms with E-state index >= 15 is 0 Å². The molecule has 0 radical (unpaired) electrons. The maximum atomic E-state index is 11.7. The number of rotatable bonds is 6. The van der Waals surface area contributed by atoms with Crippen molar-refractivity contribution in [1.29, 1.82) is 0 Å². The van der Waals surface area contributed by atoms with Gasteiger partial charge in [-0.2, -0.15) is 0 Å². The van der Waals surface area contributed by atoms with Crippen LogP contribution >= 0.6 is 0 Å². The molecule has 24 heavy (non-hydrogen) atoms. The largest absolute Gasteiger partial charge is 0.491 e. The van der Waals surface area contributed by atoms with Crippen molar-refractivity contribution in [2.45, 2.75) is 31.9 Å². The first-order valence-corrected chi connectivity index (χ1v) is 8.76. The topological polar surface area (TPSA) is 65.0 Å². The normalized spacial score (nSPS) is 20.9. The summed E-state index contributed by atoms with van der Waals surface area (Å²) in [6, 6.07) is 8.26. The number of carbonyl (C=O) groups excluding carboxylic acids is 1. The van der Waals surface area contributed by atoms with Crippen LogP contribution in [0.15, 0.2) is 24.3 Å². The highest BCUT2D eigenvalue weighted by Crippen LogP contribution is 2.18. The van der Waals surface area contributed by atoms with E-state index in [4.69, 9.17) is 4.74 Å². The first-order valence-electron chi connectivity index (χ1n) is 8.76. The zero-order valence-corrected chi connectivity index (χ0v) is 14.3. The van der Waals surface area contributed by atoms with Gasteiger partial charge in [0.05, 0.1) is 0 Å². The average molecular weight is 333 g/mol. The number of nitrogens with zero attached hydrogens (tertiary/aromatic N) is 2. The molecule has 6 nitrogen and oxygen atoms in total. The van der Waals surface area contributed by atoms with Gasteiger partial charge in [0.25, 0.3) is 0 Å². The fraction of sp³-hybridized carbons (Fsp3) is 0.611. The maximum absolute atomic E-state index is 11.7. The zero-order valence-electron chi connectivity index (χ0n) is 14.3. The minimum absolute atomic E-state index is 0.0694. The smallest absolute Gasteiger partial charge is 0.317 e. The van der Waals surface area contributed by atoms with Gasteiger partial charge < -0.3 is 25.0 Å². The van der Waals surface area contributed by atoms with E-state index in [-0.39, 0.29) is 6.03 Å². The van der Waals surface area contributed by atoms with E-state index in [0.717, 1.165) is 44.8 Å². The molecule has 2 aliphatic heterocycles. The van der Waals surface area contributed by atoms with Gasteiger partial charge in [0, 0.05) is 38.8 Å². The number of aliphatic hydroxyl groups is 1. The molecule has 0 spiro atoms. The Labute approximate surface area is 143 Å². The number of likely N-dealkylation sites (tertiary alicyclic amines) is 1. The SMILES string of the molecule is Cc1ccc(OCC(O)CN2CCC(N3CCNC3=O)CC2)cc1. The molecule has 1 atom stereocenters. The second-order valence-corrected chi connectivity index (χ2v) is 6.73. The van der Waals surface area contributed by atoms with Crippen LogP contribution in [-0.2, 0) is 0 Å². The van der Waals surface area contributed by atoms with Crippen molar-refractivity contribution in [2.24, 2.45) is 0 Å². The number of piperidine rings is 1. The highest BCUT2D eigenvalue weighted by Gasteiger charge is 2.30. The van der Waals surface area contributed by atoms with Crippen LogP contribution in [-0.4, -0.2) is 72.4 Å². The Morgan fingerprint density at radius 2 is 1.96 bits per heavy atom. The van der Waals surface area contributed by atoms with Crippen LogP contribution in [0.3, 0.4) is 0 Å². The number of benzene rings is 1. The molecule has 3 rings (SSSR count). The van der Waals surface area contributed by atoms with Crippen LogP contribution in [0.5, 0.6) is 5.75 Å². The number of urea groups is 1. The van der Waals surface area contributed by atoms with Crippen molar-refractivity contribution in [2.75, 3.05) is 39.3 Å². The minimum Gasteiger partial charge on any atom is -0.491 e. The number of β-amino-alcohol motifs (C(OH)–C–C–N with tert-alkyl or cyclic N) is 1. The van der Waals surface area contributed by atoms with Gasteiger partial charge in [-0.05, 0) is 31.9 Å². The summed E-state index contributed by atoms with van der Waals surface area (Å²) < 4.78 is 5.64. The molecule has 132 valence electrons. The third kappa shape index (κ3) is 4.39. The summed E-state index contributed by atoms with van der Waals surface area (Å²) in [6.45, 7) is 6.35. The number of aliphatic hydroxyl groups excluding tert-OH is 1. The standard InChI is InChI=1S/C18H27N3O3/c1-14-2-4-17(5-3-14)24-13-16(22)12-20-9-6-15(7-10-20)21-11-8-19-18(21)23/h2-5,15-16,22H,6-13H2,1H3,(H,19,23). The molecule has 0 aliphatic carbocycles. The number of aryl methyl sites for hydroxylation is 1. The number of carbonyl (C=O) groups is 1. The highest BCUT2D eigenvalue weighted by molar-refractivity contribution is 5.76. The number of nitrogens with one attached hydrogen (secondary N) is 1. The summed E-state index contributed by atoms with van der Waals surface area (Å²) in [6.07, 6.45) is 1.44. The number of amides is 2. The lowest BCUT2D eigenvalue weighted by molar-refractivity contribution is 0.0508. The second kappa shape index (κ2) is 7.85. The first kappa shape index (κ1) is 17.0. The Balaban J connectivity index is 1.37. The van der Waals surface area contributed by atoms with Gasteiger partial charge in [0.1, 0.15) is 18.5 Å². The van der Waals surface area contributed by atoms with Crippen LogP contribution in [0.25, 0.3) is 0 Å². The molecule has 6 heteroatoms. The van der Waals surface area contributed by atoms with Crippen LogP contribution in [0, 0.1) is 6.92 Å². The molecular weight excluding hydrogens is 306 g/mol. The summed E-state index contributed by atoms with van der Waals surface area (Å²) in [7, 11) is 0. The molecule has 0 saturated carbocycles. The average Bonchev–Trinajstić information content (AvgIpc) is 3.01. The molecule has 1 aromatic carbocycles. The molecule has 0 aromatic heterocycles. The number of hydrogen-bond acceptors (Lipinski definition) is 4. The zero-order chi connectivity index (χ0) is 16.9. The quantitative estimate of drug-likeness (QED) is 0.822. The van der Waals surface area contributed by atoms with Crippen LogP contribution in [0.1, 0.15) is 18.4 Å². The van der Waals surface area contributed by atoms with Gasteiger partial charge in [-0.1, -0.05) is 17.7 Å². The Morgan fingerprint density at radius 3 is 2.58 bits per heavy atom. The lowest BCUT2D eigenvalue weighted by Crippen LogP contribution is -2.48. The predicted molar refractivity (Wildman–Crippen MR) is 92.2 cm³/mol. The summed E-state index contributed by atoms with van der Waals surface area (Å²) in [4.78, 5) is 15.9. The van der Waals surface area contributed by atoms with Gasteiger partial charge in [-0.15, -0.1) is 0 Å². The Bertz CT molecular complexity index is 541. The van der Waals surface area contributed by atoms with E-state index in [1.165, 1.54) is 5.56 Å². The van der Waals surface area contributed by atoms with Crippen molar-refractivity contribution in [3.63, 3.8) is 0 Å². The number of ether oxygens (including phenoxy) is 1. The number of hydrogen-bond donors (Lipinski definition) is 2. The first-order chi connectivity index (χ1) is 11.6. The Kier molecular flexibility index (Phi) is 5.58. The predicted octanol–water partition coefficient (Wildman–Crippen LogP) is 1.22. The minimum atomic E-state index is -0.502. The second-order valence-electron chi connectivity index (χ2n) is 6.73. The molecule has 0 bridgehead atoms. The molecule has 2 fully saturated rings. The molecule has 1 unspecified atom stereocenters. The third-order valence-electron chi connectivity index (χ3n) is 4.82. The van der Waals surface area contributed by atoms with E-state index in [9.17, 15) is 9.90 Å². The van der Waals surface area contributed by atoms with E-state index in [1.54, 1.807) is 0 Å².